The number of rotatable bonds is 6. The van der Waals surface area contributed by atoms with Crippen molar-refractivity contribution >= 4 is 0 Å². The number of aryl methyl sites for hydroxylation is 1. The van der Waals surface area contributed by atoms with Gasteiger partial charge in [0, 0.05) is 26.2 Å². The van der Waals surface area contributed by atoms with Gasteiger partial charge >= 0.3 is 0 Å². The van der Waals surface area contributed by atoms with E-state index < -0.39 is 0 Å². The summed E-state index contributed by atoms with van der Waals surface area (Å²) >= 11 is 0. The molecule has 5 nitrogen and oxygen atoms in total. The van der Waals surface area contributed by atoms with Crippen molar-refractivity contribution in [1.82, 2.24) is 10.2 Å². The van der Waals surface area contributed by atoms with Gasteiger partial charge < -0.3 is 14.5 Å². The summed E-state index contributed by atoms with van der Waals surface area (Å²) in [6.45, 7) is 6.94. The predicted molar refractivity (Wildman–Crippen MR) is 91.4 cm³/mol. The molecule has 0 saturated carbocycles. The van der Waals surface area contributed by atoms with E-state index >= 15 is 0 Å². The second-order valence-electron chi connectivity index (χ2n) is 6.05. The molecule has 0 amide bonds. The Bertz CT molecular complexity index is 681. The monoisotopic (exact) mass is 325 g/mol. The molecule has 24 heavy (non-hydrogen) atoms. The first-order valence-corrected chi connectivity index (χ1v) is 8.34. The van der Waals surface area contributed by atoms with Crippen molar-refractivity contribution in [3.05, 3.63) is 59.0 Å². The van der Waals surface area contributed by atoms with E-state index in [1.807, 2.05) is 37.3 Å². The molecule has 2 aromatic rings. The lowest BCUT2D eigenvalue weighted by molar-refractivity contribution is 0.0115. The normalized spacial score (nSPS) is 16.7. The molecule has 0 radical (unpaired) electrons. The maximum absolute atomic E-state index is 8.86. The van der Waals surface area contributed by atoms with Crippen molar-refractivity contribution in [3.63, 3.8) is 0 Å². The molecule has 0 aliphatic carbocycles. The first kappa shape index (κ1) is 16.7. The van der Waals surface area contributed by atoms with Crippen LogP contribution in [0.1, 0.15) is 28.7 Å². The predicted octanol–water partition coefficient (Wildman–Crippen LogP) is 2.62. The first-order chi connectivity index (χ1) is 11.8. The highest BCUT2D eigenvalue weighted by Gasteiger charge is 2.24. The van der Waals surface area contributed by atoms with Gasteiger partial charge in [-0.3, -0.25) is 4.90 Å². The molecule has 0 spiro atoms. The fourth-order valence-corrected chi connectivity index (χ4v) is 2.98. The van der Waals surface area contributed by atoms with Gasteiger partial charge in [-0.05, 0) is 36.8 Å². The minimum atomic E-state index is 0.209. The van der Waals surface area contributed by atoms with Gasteiger partial charge in [0.1, 0.15) is 11.5 Å². The lowest BCUT2D eigenvalue weighted by atomic mass is 10.1. The van der Waals surface area contributed by atoms with E-state index in [9.17, 15) is 0 Å². The van der Waals surface area contributed by atoms with Gasteiger partial charge in [0.15, 0.2) is 0 Å². The van der Waals surface area contributed by atoms with E-state index in [-0.39, 0.29) is 6.04 Å². The van der Waals surface area contributed by atoms with Gasteiger partial charge in [-0.1, -0.05) is 12.1 Å². The standard InChI is InChI=1S/C19H23N3O2/c1-15-2-7-19(24-15)18(22-8-10-23-11-9-22)14-21-13-17-5-3-16(12-20)4-6-17/h2-7,18,21H,8-11,13-14H2,1H3/t18-/m1/s1. The van der Waals surface area contributed by atoms with Crippen LogP contribution in [0.5, 0.6) is 0 Å². The summed E-state index contributed by atoms with van der Waals surface area (Å²) in [6.07, 6.45) is 0. The number of furan rings is 1. The minimum absolute atomic E-state index is 0.209. The van der Waals surface area contributed by atoms with Crippen LogP contribution in [0.25, 0.3) is 0 Å². The molecule has 1 atom stereocenters. The van der Waals surface area contributed by atoms with Gasteiger partial charge in [-0.15, -0.1) is 0 Å². The summed E-state index contributed by atoms with van der Waals surface area (Å²) in [5.74, 6) is 1.94. The second kappa shape index (κ2) is 8.11. The largest absolute Gasteiger partial charge is 0.465 e. The van der Waals surface area contributed by atoms with Crippen LogP contribution >= 0.6 is 0 Å². The Morgan fingerprint density at radius 2 is 1.92 bits per heavy atom. The van der Waals surface area contributed by atoms with E-state index in [1.54, 1.807) is 0 Å². The van der Waals surface area contributed by atoms with Crippen LogP contribution in [0.2, 0.25) is 0 Å². The maximum atomic E-state index is 8.86. The smallest absolute Gasteiger partial charge is 0.122 e. The van der Waals surface area contributed by atoms with Crippen molar-refractivity contribution < 1.29 is 9.15 Å². The molecular weight excluding hydrogens is 302 g/mol. The molecule has 1 fully saturated rings. The summed E-state index contributed by atoms with van der Waals surface area (Å²) in [7, 11) is 0. The third-order valence-corrected chi connectivity index (χ3v) is 4.33. The molecule has 2 heterocycles. The number of benzene rings is 1. The molecule has 0 bridgehead atoms. The van der Waals surface area contributed by atoms with E-state index in [4.69, 9.17) is 14.4 Å². The molecule has 1 saturated heterocycles. The number of nitrogens with zero attached hydrogens (tertiary/aromatic N) is 2. The first-order valence-electron chi connectivity index (χ1n) is 8.34. The average molecular weight is 325 g/mol. The Labute approximate surface area is 142 Å². The van der Waals surface area contributed by atoms with Gasteiger partial charge in [-0.2, -0.15) is 5.26 Å². The zero-order valence-electron chi connectivity index (χ0n) is 14.0. The molecule has 1 aromatic heterocycles. The van der Waals surface area contributed by atoms with Crippen LogP contribution in [0.4, 0.5) is 0 Å². The van der Waals surface area contributed by atoms with Crippen molar-refractivity contribution in [1.29, 1.82) is 5.26 Å². The zero-order chi connectivity index (χ0) is 16.8. The summed E-state index contributed by atoms with van der Waals surface area (Å²) in [4.78, 5) is 2.41. The molecule has 1 aromatic carbocycles. The third kappa shape index (κ3) is 4.24. The SMILES string of the molecule is Cc1ccc([C@@H](CNCc2ccc(C#N)cc2)N2CCOCC2)o1. The molecule has 3 rings (SSSR count). The van der Waals surface area contributed by atoms with E-state index in [1.165, 1.54) is 5.56 Å². The van der Waals surface area contributed by atoms with E-state index in [0.29, 0.717) is 5.56 Å². The number of nitrogens with one attached hydrogen (secondary N) is 1. The lowest BCUT2D eigenvalue weighted by Crippen LogP contribution is -2.42. The Morgan fingerprint density at radius 1 is 1.17 bits per heavy atom. The van der Waals surface area contributed by atoms with Crippen LogP contribution in [0.3, 0.4) is 0 Å². The minimum Gasteiger partial charge on any atom is -0.465 e. The second-order valence-corrected chi connectivity index (χ2v) is 6.05. The molecule has 1 N–H and O–H groups in total. The summed E-state index contributed by atoms with van der Waals surface area (Å²) < 4.78 is 11.3. The fourth-order valence-electron chi connectivity index (χ4n) is 2.98. The summed E-state index contributed by atoms with van der Waals surface area (Å²) in [5, 5.41) is 12.4. The Kier molecular flexibility index (Phi) is 5.65. The summed E-state index contributed by atoms with van der Waals surface area (Å²) in [6, 6.07) is 14.1. The van der Waals surface area contributed by atoms with E-state index in [2.05, 4.69) is 22.4 Å². The Hall–Kier alpha value is -2.13. The van der Waals surface area contributed by atoms with E-state index in [0.717, 1.165) is 50.9 Å². The van der Waals surface area contributed by atoms with Crippen LogP contribution in [0.15, 0.2) is 40.8 Å². The Morgan fingerprint density at radius 3 is 2.54 bits per heavy atom. The van der Waals surface area contributed by atoms with Gasteiger partial charge in [0.2, 0.25) is 0 Å². The molecule has 0 unspecified atom stereocenters. The van der Waals surface area contributed by atoms with Crippen LogP contribution in [-0.2, 0) is 11.3 Å². The lowest BCUT2D eigenvalue weighted by Gasteiger charge is -2.33. The maximum Gasteiger partial charge on any atom is 0.122 e. The van der Waals surface area contributed by atoms with Gasteiger partial charge in [0.25, 0.3) is 0 Å². The topological polar surface area (TPSA) is 61.4 Å². The average Bonchev–Trinajstić information content (AvgIpc) is 3.06. The van der Waals surface area contributed by atoms with Crippen LogP contribution < -0.4 is 5.32 Å². The molecule has 5 heteroatoms. The highest BCUT2D eigenvalue weighted by atomic mass is 16.5. The van der Waals surface area contributed by atoms with Crippen molar-refractivity contribution in [3.8, 4) is 6.07 Å². The van der Waals surface area contributed by atoms with Crippen LogP contribution in [-0.4, -0.2) is 37.7 Å². The number of hydrogen-bond donors (Lipinski definition) is 1. The zero-order valence-corrected chi connectivity index (χ0v) is 14.0. The molecule has 1 aliphatic heterocycles. The highest BCUT2D eigenvalue weighted by molar-refractivity contribution is 5.31. The summed E-state index contributed by atoms with van der Waals surface area (Å²) in [5.41, 5.74) is 1.86. The number of morpholine rings is 1. The van der Waals surface area contributed by atoms with Crippen LogP contribution in [0, 0.1) is 18.3 Å². The molecule has 126 valence electrons. The third-order valence-electron chi connectivity index (χ3n) is 4.33. The van der Waals surface area contributed by atoms with Crippen molar-refractivity contribution in [2.45, 2.75) is 19.5 Å². The number of nitriles is 1. The quantitative estimate of drug-likeness (QED) is 0.884. The van der Waals surface area contributed by atoms with Gasteiger partial charge in [0.05, 0.1) is 30.9 Å². The molecular formula is C19H23N3O2. The highest BCUT2D eigenvalue weighted by Crippen LogP contribution is 2.23. The van der Waals surface area contributed by atoms with Crippen molar-refractivity contribution in [2.75, 3.05) is 32.8 Å². The Balaban J connectivity index is 1.61. The number of hydrogen-bond acceptors (Lipinski definition) is 5. The van der Waals surface area contributed by atoms with Gasteiger partial charge in [-0.25, -0.2) is 0 Å². The van der Waals surface area contributed by atoms with Crippen molar-refractivity contribution in [2.24, 2.45) is 0 Å². The number of ether oxygens (including phenoxy) is 1. The fraction of sp³-hybridized carbons (Fsp3) is 0.421. The molecule has 1 aliphatic rings.